The molecule has 0 saturated heterocycles. The number of benzene rings is 1. The molecule has 0 unspecified atom stereocenters. The van der Waals surface area contributed by atoms with Crippen molar-refractivity contribution in [3.05, 3.63) is 50.8 Å². The third kappa shape index (κ3) is 4.28. The van der Waals surface area contributed by atoms with Gasteiger partial charge in [0.15, 0.2) is 5.69 Å². The molecule has 30 heavy (non-hydrogen) atoms. The lowest BCUT2D eigenvalue weighted by molar-refractivity contribution is -0.116. The van der Waals surface area contributed by atoms with E-state index in [1.807, 2.05) is 32.9 Å². The number of aromatic nitrogens is 2. The third-order valence-corrected chi connectivity index (χ3v) is 5.76. The topological polar surface area (TPSA) is 90.3 Å². The monoisotopic (exact) mass is 427 g/mol. The van der Waals surface area contributed by atoms with Gasteiger partial charge in [-0.3, -0.25) is 9.59 Å². The highest BCUT2D eigenvalue weighted by atomic mass is 32.1. The molecule has 1 aromatic carbocycles. The molecule has 7 nitrogen and oxygen atoms in total. The first kappa shape index (κ1) is 21.7. The maximum Gasteiger partial charge on any atom is 0.359 e. The fraction of sp³-hybridized carbons (Fsp3) is 0.364. The molecule has 0 bridgehead atoms. The van der Waals surface area contributed by atoms with Crippen molar-refractivity contribution >= 4 is 39.0 Å². The summed E-state index contributed by atoms with van der Waals surface area (Å²) in [4.78, 5) is 38.2. The molecule has 0 aliphatic rings. The Morgan fingerprint density at radius 3 is 2.63 bits per heavy atom. The number of rotatable bonds is 7. The highest BCUT2D eigenvalue weighted by Crippen LogP contribution is 2.31. The summed E-state index contributed by atoms with van der Waals surface area (Å²) in [5, 5.41) is 9.88. The summed E-state index contributed by atoms with van der Waals surface area (Å²) in [5.74, 6) is -0.769. The Hall–Kier alpha value is -3.00. The fourth-order valence-electron chi connectivity index (χ4n) is 3.05. The van der Waals surface area contributed by atoms with Crippen LogP contribution in [-0.4, -0.2) is 28.3 Å². The van der Waals surface area contributed by atoms with Crippen LogP contribution < -0.4 is 10.9 Å². The fourth-order valence-corrected chi connectivity index (χ4v) is 4.00. The van der Waals surface area contributed by atoms with Crippen molar-refractivity contribution in [2.45, 2.75) is 47.0 Å². The number of nitrogens with zero attached hydrogens (tertiary/aromatic N) is 2. The molecular formula is C22H25N3O4S. The van der Waals surface area contributed by atoms with Crippen LogP contribution in [0.3, 0.4) is 0 Å². The average Bonchev–Trinajstić information content (AvgIpc) is 3.13. The zero-order chi connectivity index (χ0) is 21.8. The van der Waals surface area contributed by atoms with E-state index in [0.717, 1.165) is 24.0 Å². The van der Waals surface area contributed by atoms with Crippen molar-refractivity contribution in [1.82, 2.24) is 9.78 Å². The molecule has 2 heterocycles. The SMILES string of the molecule is CCCCC(=O)Nc1scc2c(C(=O)OCC)nn(-c3ccc(C)c(C)c3)c(=O)c12. The number of aryl methyl sites for hydroxylation is 2. The van der Waals surface area contributed by atoms with Gasteiger partial charge >= 0.3 is 5.97 Å². The van der Waals surface area contributed by atoms with E-state index >= 15 is 0 Å². The van der Waals surface area contributed by atoms with Crippen molar-refractivity contribution < 1.29 is 14.3 Å². The summed E-state index contributed by atoms with van der Waals surface area (Å²) >= 11 is 1.20. The molecule has 1 amide bonds. The number of anilines is 1. The smallest absolute Gasteiger partial charge is 0.359 e. The maximum absolute atomic E-state index is 13.3. The first-order chi connectivity index (χ1) is 14.4. The number of carbonyl (C=O) groups is 2. The van der Waals surface area contributed by atoms with Crippen LogP contribution in [0.5, 0.6) is 0 Å². The minimum absolute atomic E-state index is 0.0509. The van der Waals surface area contributed by atoms with Gasteiger partial charge in [-0.1, -0.05) is 19.4 Å². The van der Waals surface area contributed by atoms with Gasteiger partial charge in [0.25, 0.3) is 5.56 Å². The molecular weight excluding hydrogens is 402 g/mol. The number of nitrogens with one attached hydrogen (secondary N) is 1. The molecule has 3 aromatic rings. The Morgan fingerprint density at radius 2 is 1.97 bits per heavy atom. The van der Waals surface area contributed by atoms with Gasteiger partial charge < -0.3 is 10.1 Å². The summed E-state index contributed by atoms with van der Waals surface area (Å²) in [6, 6.07) is 5.52. The Labute approximate surface area is 178 Å². The van der Waals surface area contributed by atoms with Crippen LogP contribution >= 0.6 is 11.3 Å². The van der Waals surface area contributed by atoms with Crippen LogP contribution in [-0.2, 0) is 9.53 Å². The quantitative estimate of drug-likeness (QED) is 0.566. The first-order valence-electron chi connectivity index (χ1n) is 9.96. The number of hydrogen-bond donors (Lipinski definition) is 1. The number of amides is 1. The standard InChI is InChI=1S/C22H25N3O4S/c1-5-7-8-17(26)23-20-18-16(12-30-20)19(22(28)29-6-2)24-25(21(18)27)15-10-9-13(3)14(4)11-15/h9-12H,5-8H2,1-4H3,(H,23,26). The summed E-state index contributed by atoms with van der Waals surface area (Å²) < 4.78 is 6.36. The van der Waals surface area contributed by atoms with Crippen LogP contribution in [0.2, 0.25) is 0 Å². The lowest BCUT2D eigenvalue weighted by Crippen LogP contribution is -2.25. The first-order valence-corrected chi connectivity index (χ1v) is 10.8. The summed E-state index contributed by atoms with van der Waals surface area (Å²) in [5.41, 5.74) is 2.28. The molecule has 0 aliphatic heterocycles. The van der Waals surface area contributed by atoms with Gasteiger partial charge in [-0.2, -0.15) is 9.78 Å². The van der Waals surface area contributed by atoms with Crippen LogP contribution in [0.15, 0.2) is 28.4 Å². The minimum atomic E-state index is -0.609. The lowest BCUT2D eigenvalue weighted by Gasteiger charge is -2.11. The number of unbranched alkanes of at least 4 members (excludes halogenated alkanes) is 1. The van der Waals surface area contributed by atoms with E-state index in [1.54, 1.807) is 18.4 Å². The van der Waals surface area contributed by atoms with Crippen LogP contribution in [0.4, 0.5) is 5.00 Å². The normalized spacial score (nSPS) is 10.9. The van der Waals surface area contributed by atoms with Crippen LogP contribution in [0.1, 0.15) is 54.7 Å². The number of fused-ring (bicyclic) bond motifs is 1. The number of thiophene rings is 1. The van der Waals surface area contributed by atoms with Gasteiger partial charge in [-0.15, -0.1) is 11.3 Å². The maximum atomic E-state index is 13.3. The Morgan fingerprint density at radius 1 is 1.20 bits per heavy atom. The van der Waals surface area contributed by atoms with E-state index in [4.69, 9.17) is 4.74 Å². The number of carbonyl (C=O) groups excluding carboxylic acids is 2. The summed E-state index contributed by atoms with van der Waals surface area (Å²) in [6.07, 6.45) is 2.03. The Bertz CT molecular complexity index is 1160. The van der Waals surface area contributed by atoms with Gasteiger partial charge in [0.2, 0.25) is 5.91 Å². The van der Waals surface area contributed by atoms with Crippen LogP contribution in [0.25, 0.3) is 16.5 Å². The van der Waals surface area contributed by atoms with Gasteiger partial charge in [-0.25, -0.2) is 4.79 Å². The molecule has 8 heteroatoms. The predicted octanol–water partition coefficient (Wildman–Crippen LogP) is 4.37. The molecule has 0 fully saturated rings. The number of ether oxygens (including phenoxy) is 1. The van der Waals surface area contributed by atoms with Crippen molar-refractivity contribution in [2.24, 2.45) is 0 Å². The zero-order valence-electron chi connectivity index (χ0n) is 17.6. The highest BCUT2D eigenvalue weighted by Gasteiger charge is 2.23. The molecule has 3 rings (SSSR count). The highest BCUT2D eigenvalue weighted by molar-refractivity contribution is 7.16. The second kappa shape index (κ2) is 9.21. The molecule has 0 spiro atoms. The van der Waals surface area contributed by atoms with Gasteiger partial charge in [0.1, 0.15) is 5.00 Å². The molecule has 0 aliphatic carbocycles. The van der Waals surface area contributed by atoms with Crippen molar-refractivity contribution in [2.75, 3.05) is 11.9 Å². The molecule has 0 radical (unpaired) electrons. The largest absolute Gasteiger partial charge is 0.461 e. The Kier molecular flexibility index (Phi) is 6.66. The van der Waals surface area contributed by atoms with Gasteiger partial charge in [-0.05, 0) is 50.5 Å². The molecule has 0 saturated carbocycles. The molecule has 0 atom stereocenters. The number of esters is 1. The van der Waals surface area contributed by atoms with Crippen molar-refractivity contribution in [3.8, 4) is 5.69 Å². The van der Waals surface area contributed by atoms with Gasteiger partial charge in [0, 0.05) is 17.2 Å². The van der Waals surface area contributed by atoms with Gasteiger partial charge in [0.05, 0.1) is 17.7 Å². The second-order valence-electron chi connectivity index (χ2n) is 7.06. The predicted molar refractivity (Wildman–Crippen MR) is 119 cm³/mol. The van der Waals surface area contributed by atoms with E-state index in [9.17, 15) is 14.4 Å². The number of hydrogen-bond acceptors (Lipinski definition) is 6. The van der Waals surface area contributed by atoms with E-state index in [1.165, 1.54) is 16.0 Å². The zero-order valence-corrected chi connectivity index (χ0v) is 18.4. The summed E-state index contributed by atoms with van der Waals surface area (Å²) in [6.45, 7) is 7.83. The van der Waals surface area contributed by atoms with Crippen LogP contribution in [0, 0.1) is 13.8 Å². The summed E-state index contributed by atoms with van der Waals surface area (Å²) in [7, 11) is 0. The average molecular weight is 428 g/mol. The van der Waals surface area contributed by atoms with E-state index < -0.39 is 11.5 Å². The third-order valence-electron chi connectivity index (χ3n) is 4.87. The van der Waals surface area contributed by atoms with Crippen molar-refractivity contribution in [3.63, 3.8) is 0 Å². The van der Waals surface area contributed by atoms with E-state index in [0.29, 0.717) is 22.5 Å². The molecule has 158 valence electrons. The minimum Gasteiger partial charge on any atom is -0.461 e. The Balaban J connectivity index is 2.21. The molecule has 1 N–H and O–H groups in total. The second-order valence-corrected chi connectivity index (χ2v) is 7.94. The van der Waals surface area contributed by atoms with E-state index in [2.05, 4.69) is 10.4 Å². The molecule has 2 aromatic heterocycles. The lowest BCUT2D eigenvalue weighted by atomic mass is 10.1. The van der Waals surface area contributed by atoms with Crippen molar-refractivity contribution in [1.29, 1.82) is 0 Å². The van der Waals surface area contributed by atoms with E-state index in [-0.39, 0.29) is 23.6 Å².